The number of hydrogen-bond donors (Lipinski definition) is 2. The molecule has 6 unspecified atom stereocenters. The zero-order valence-corrected chi connectivity index (χ0v) is 27.1. The lowest BCUT2D eigenvalue weighted by Gasteiger charge is -2.43. The molecule has 1 amide bonds. The van der Waals surface area contributed by atoms with Crippen LogP contribution < -0.4 is 5.32 Å². The number of likely N-dealkylation sites (tertiary alicyclic amines) is 1. The van der Waals surface area contributed by atoms with Gasteiger partial charge in [0.15, 0.2) is 6.29 Å². The Balaban J connectivity index is 1.14. The number of ether oxygens (including phenoxy) is 2. The van der Waals surface area contributed by atoms with Gasteiger partial charge in [-0.15, -0.1) is 0 Å². The molecule has 4 aromatic rings. The quantitative estimate of drug-likeness (QED) is 0.228. The monoisotopic (exact) mass is 620 g/mol. The predicted octanol–water partition coefficient (Wildman–Crippen LogP) is 7.07. The van der Waals surface area contributed by atoms with Crippen molar-refractivity contribution in [2.75, 3.05) is 18.4 Å². The number of aromatic nitrogens is 2. The van der Waals surface area contributed by atoms with Gasteiger partial charge in [-0.1, -0.05) is 76.2 Å². The topological polar surface area (TPSA) is 96.8 Å². The van der Waals surface area contributed by atoms with Crippen LogP contribution >= 0.6 is 0 Å². The number of carbonyl (C=O) groups is 1. The van der Waals surface area contributed by atoms with E-state index < -0.39 is 6.29 Å². The summed E-state index contributed by atoms with van der Waals surface area (Å²) in [6, 6.07) is 23.8. The number of aliphatic hydroxyl groups is 1. The highest BCUT2D eigenvalue weighted by molar-refractivity contribution is 6.03. The van der Waals surface area contributed by atoms with E-state index in [1.165, 1.54) is 25.5 Å². The van der Waals surface area contributed by atoms with Crippen molar-refractivity contribution in [3.63, 3.8) is 0 Å². The van der Waals surface area contributed by atoms with Crippen LogP contribution in [0.3, 0.4) is 0 Å². The van der Waals surface area contributed by atoms with Gasteiger partial charge >= 0.3 is 0 Å². The largest absolute Gasteiger partial charge is 0.392 e. The van der Waals surface area contributed by atoms with Crippen LogP contribution in [0.1, 0.15) is 86.5 Å². The van der Waals surface area contributed by atoms with E-state index in [-0.39, 0.29) is 36.3 Å². The molecule has 1 aliphatic carbocycles. The van der Waals surface area contributed by atoms with Crippen molar-refractivity contribution in [3.05, 3.63) is 101 Å². The average Bonchev–Trinajstić information content (AvgIpc) is 3.28. The third-order valence-corrected chi connectivity index (χ3v) is 10.2. The highest BCUT2D eigenvalue weighted by atomic mass is 16.7. The third-order valence-electron chi connectivity index (χ3n) is 10.2. The smallest absolute Gasteiger partial charge is 0.275 e. The van der Waals surface area contributed by atoms with E-state index >= 15 is 0 Å². The van der Waals surface area contributed by atoms with Gasteiger partial charge in [-0.3, -0.25) is 14.7 Å². The van der Waals surface area contributed by atoms with Crippen LogP contribution in [0.2, 0.25) is 0 Å². The van der Waals surface area contributed by atoms with Gasteiger partial charge in [0.1, 0.15) is 5.69 Å². The minimum absolute atomic E-state index is 0.00445. The molecule has 1 saturated carbocycles. The summed E-state index contributed by atoms with van der Waals surface area (Å²) < 4.78 is 13.6. The van der Waals surface area contributed by atoms with E-state index in [0.717, 1.165) is 35.3 Å². The number of rotatable bonds is 7. The highest BCUT2D eigenvalue weighted by Crippen LogP contribution is 2.53. The summed E-state index contributed by atoms with van der Waals surface area (Å²) in [6.07, 6.45) is 4.34. The molecule has 240 valence electrons. The molecule has 3 aliphatic rings. The fraction of sp³-hybridized carbons (Fsp3) is 0.447. The summed E-state index contributed by atoms with van der Waals surface area (Å²) in [4.78, 5) is 24.7. The molecule has 2 bridgehead atoms. The normalized spacial score (nSPS) is 29.1. The summed E-state index contributed by atoms with van der Waals surface area (Å²) in [7, 11) is 0. The molecule has 3 fully saturated rings. The van der Waals surface area contributed by atoms with Crippen molar-refractivity contribution in [2.45, 2.75) is 78.1 Å². The standard InChI is InChI=1S/C38H44N4O4/c1-24-33(20-42-23-38(4)18-29(42)17-37(2,3)22-38)45-36(46-34(24)26-14-12-25(21-43)13-15-26)27-8-7-9-28(16-27)40-35(44)32-19-39-30-10-5-6-11-31(30)41-32/h5-16,19,24,29,33-34,36,43H,17-18,20-23H2,1-4H3,(H,40,44). The first-order valence-corrected chi connectivity index (χ1v) is 16.5. The van der Waals surface area contributed by atoms with Gasteiger partial charge in [0.2, 0.25) is 0 Å². The van der Waals surface area contributed by atoms with E-state index in [4.69, 9.17) is 9.47 Å². The lowest BCUT2D eigenvalue weighted by atomic mass is 9.65. The zero-order valence-electron chi connectivity index (χ0n) is 27.1. The second kappa shape index (κ2) is 12.2. The lowest BCUT2D eigenvalue weighted by Crippen LogP contribution is -2.46. The molecule has 0 spiro atoms. The van der Waals surface area contributed by atoms with Crippen molar-refractivity contribution in [2.24, 2.45) is 16.7 Å². The number of fused-ring (bicyclic) bond motifs is 3. The summed E-state index contributed by atoms with van der Waals surface area (Å²) in [5.74, 6) is -0.224. The van der Waals surface area contributed by atoms with Gasteiger partial charge in [-0.2, -0.15) is 0 Å². The molecule has 2 saturated heterocycles. The van der Waals surface area contributed by atoms with Gasteiger partial charge in [0, 0.05) is 36.3 Å². The van der Waals surface area contributed by atoms with E-state index in [2.05, 4.69) is 60.0 Å². The van der Waals surface area contributed by atoms with Crippen LogP contribution in [0.5, 0.6) is 0 Å². The fourth-order valence-corrected chi connectivity index (χ4v) is 8.37. The van der Waals surface area contributed by atoms with E-state index in [9.17, 15) is 9.90 Å². The summed E-state index contributed by atoms with van der Waals surface area (Å²) in [5.41, 5.74) is 5.75. The predicted molar refractivity (Wildman–Crippen MR) is 178 cm³/mol. The van der Waals surface area contributed by atoms with Crippen molar-refractivity contribution in [1.82, 2.24) is 14.9 Å². The maximum atomic E-state index is 13.2. The molecule has 46 heavy (non-hydrogen) atoms. The Morgan fingerprint density at radius 2 is 1.76 bits per heavy atom. The Kier molecular flexibility index (Phi) is 8.18. The molecular formula is C38H44N4O4. The Hall–Kier alpha value is -3.69. The Bertz CT molecular complexity index is 1730. The van der Waals surface area contributed by atoms with Crippen molar-refractivity contribution >= 4 is 22.6 Å². The second-order valence-electron chi connectivity index (χ2n) is 14.8. The first-order chi connectivity index (χ1) is 22.1. The molecule has 1 aromatic heterocycles. The molecular weight excluding hydrogens is 576 g/mol. The SMILES string of the molecule is CC1C(CN2CC3(C)CC2CC(C)(C)C3)OC(c2cccc(NC(=O)c3cnc4ccccc4n3)c2)OC1c1ccc(CO)cc1. The fourth-order valence-electron chi connectivity index (χ4n) is 8.37. The average molecular weight is 621 g/mol. The summed E-state index contributed by atoms with van der Waals surface area (Å²) >= 11 is 0. The minimum Gasteiger partial charge on any atom is -0.392 e. The van der Waals surface area contributed by atoms with Gasteiger partial charge in [-0.25, -0.2) is 4.98 Å². The zero-order chi connectivity index (χ0) is 32.1. The Morgan fingerprint density at radius 1 is 0.978 bits per heavy atom. The first kappa shape index (κ1) is 30.9. The highest BCUT2D eigenvalue weighted by Gasteiger charge is 2.51. The number of carbonyl (C=O) groups excluding carboxylic acids is 1. The van der Waals surface area contributed by atoms with Crippen LogP contribution in [0.4, 0.5) is 5.69 Å². The number of aliphatic hydroxyl groups excluding tert-OH is 1. The molecule has 2 aliphatic heterocycles. The number of para-hydroxylation sites is 2. The molecule has 2 N–H and O–H groups in total. The Labute approximate surface area is 271 Å². The van der Waals surface area contributed by atoms with Gasteiger partial charge in [0.05, 0.1) is 36.0 Å². The van der Waals surface area contributed by atoms with Gasteiger partial charge in [0.25, 0.3) is 5.91 Å². The Morgan fingerprint density at radius 3 is 2.54 bits per heavy atom. The molecule has 8 heteroatoms. The van der Waals surface area contributed by atoms with Crippen molar-refractivity contribution in [1.29, 1.82) is 0 Å². The maximum absolute atomic E-state index is 13.2. The van der Waals surface area contributed by atoms with Crippen LogP contribution in [0.15, 0.2) is 79.0 Å². The first-order valence-electron chi connectivity index (χ1n) is 16.5. The third kappa shape index (κ3) is 6.32. The van der Waals surface area contributed by atoms with Gasteiger partial charge < -0.3 is 19.9 Å². The molecule has 7 rings (SSSR count). The van der Waals surface area contributed by atoms with Crippen LogP contribution in [0.25, 0.3) is 11.0 Å². The number of nitrogens with zero attached hydrogens (tertiary/aromatic N) is 3. The second-order valence-corrected chi connectivity index (χ2v) is 14.8. The molecule has 8 nitrogen and oxygen atoms in total. The molecule has 3 aromatic carbocycles. The maximum Gasteiger partial charge on any atom is 0.275 e. The van der Waals surface area contributed by atoms with Crippen molar-refractivity contribution in [3.8, 4) is 0 Å². The van der Waals surface area contributed by atoms with Gasteiger partial charge in [-0.05, 0) is 65.5 Å². The lowest BCUT2D eigenvalue weighted by molar-refractivity contribution is -0.276. The minimum atomic E-state index is -0.616. The number of amides is 1. The van der Waals surface area contributed by atoms with Crippen LogP contribution in [-0.2, 0) is 16.1 Å². The molecule has 6 atom stereocenters. The summed E-state index contributed by atoms with van der Waals surface area (Å²) in [6.45, 7) is 11.4. The number of nitrogens with one attached hydrogen (secondary N) is 1. The number of benzene rings is 3. The van der Waals surface area contributed by atoms with Crippen molar-refractivity contribution < 1.29 is 19.4 Å². The van der Waals surface area contributed by atoms with E-state index in [1.807, 2.05) is 60.7 Å². The van der Waals surface area contributed by atoms with E-state index in [1.54, 1.807) is 0 Å². The number of anilines is 1. The van der Waals surface area contributed by atoms with Crippen LogP contribution in [0, 0.1) is 16.7 Å². The number of hydrogen-bond acceptors (Lipinski definition) is 7. The molecule has 0 radical (unpaired) electrons. The van der Waals surface area contributed by atoms with E-state index in [0.29, 0.717) is 28.1 Å². The molecule has 3 heterocycles. The summed E-state index contributed by atoms with van der Waals surface area (Å²) in [5, 5.41) is 12.6. The van der Waals surface area contributed by atoms with Crippen LogP contribution in [-0.4, -0.2) is 51.1 Å².